The van der Waals surface area contributed by atoms with Gasteiger partial charge in [0.15, 0.2) is 11.5 Å². The fourth-order valence-electron chi connectivity index (χ4n) is 4.32. The summed E-state index contributed by atoms with van der Waals surface area (Å²) in [6.45, 7) is 7.63. The van der Waals surface area contributed by atoms with E-state index in [2.05, 4.69) is 15.5 Å². The van der Waals surface area contributed by atoms with Crippen LogP contribution in [0.1, 0.15) is 51.0 Å². The Labute approximate surface area is 210 Å². The minimum Gasteiger partial charge on any atom is -0.490 e. The number of carbonyl (C=O) groups is 2. The van der Waals surface area contributed by atoms with Crippen LogP contribution in [-0.2, 0) is 16.0 Å². The first-order valence-electron chi connectivity index (χ1n) is 12.3. The maximum absolute atomic E-state index is 13.1. The zero-order valence-electron chi connectivity index (χ0n) is 21.0. The van der Waals surface area contributed by atoms with E-state index < -0.39 is 0 Å². The molecule has 2 amide bonds. The van der Waals surface area contributed by atoms with Crippen LogP contribution in [0, 0.1) is 0 Å². The second kappa shape index (κ2) is 11.7. The van der Waals surface area contributed by atoms with E-state index in [1.54, 1.807) is 12.1 Å². The van der Waals surface area contributed by atoms with E-state index in [0.29, 0.717) is 55.2 Å². The van der Waals surface area contributed by atoms with Crippen LogP contribution >= 0.6 is 0 Å². The Morgan fingerprint density at radius 2 is 1.83 bits per heavy atom. The highest BCUT2D eigenvalue weighted by molar-refractivity contribution is 5.88. The Bertz CT molecular complexity index is 1190. The average molecular weight is 493 g/mol. The van der Waals surface area contributed by atoms with Gasteiger partial charge in [-0.1, -0.05) is 11.2 Å². The number of nitrogens with one attached hydrogen (secondary N) is 1. The van der Waals surface area contributed by atoms with Gasteiger partial charge in [-0.25, -0.2) is 0 Å². The molecule has 1 aliphatic rings. The summed E-state index contributed by atoms with van der Waals surface area (Å²) in [6.07, 6.45) is 2.03. The Kier molecular flexibility index (Phi) is 8.20. The first-order valence-corrected chi connectivity index (χ1v) is 12.3. The second-order valence-electron chi connectivity index (χ2n) is 8.72. The molecule has 36 heavy (non-hydrogen) atoms. The normalized spacial score (nSPS) is 15.4. The van der Waals surface area contributed by atoms with Gasteiger partial charge in [0.05, 0.1) is 25.6 Å². The van der Waals surface area contributed by atoms with Gasteiger partial charge >= 0.3 is 0 Å². The fraction of sp³-hybridized carbons (Fsp3) is 0.407. The van der Waals surface area contributed by atoms with Gasteiger partial charge in [0.25, 0.3) is 0 Å². The Balaban J connectivity index is 1.40. The largest absolute Gasteiger partial charge is 0.490 e. The predicted octanol–water partition coefficient (Wildman–Crippen LogP) is 4.44. The van der Waals surface area contributed by atoms with E-state index in [0.717, 1.165) is 24.0 Å². The molecule has 0 spiro atoms. The zero-order valence-corrected chi connectivity index (χ0v) is 21.0. The number of nitrogens with zero attached hydrogens (tertiary/aromatic N) is 3. The van der Waals surface area contributed by atoms with E-state index in [1.807, 2.05) is 49.1 Å². The maximum atomic E-state index is 13.1. The molecule has 1 N–H and O–H groups in total. The van der Waals surface area contributed by atoms with Gasteiger partial charge < -0.3 is 24.2 Å². The van der Waals surface area contributed by atoms with Gasteiger partial charge in [-0.2, -0.15) is 4.98 Å². The summed E-state index contributed by atoms with van der Waals surface area (Å²) in [7, 11) is 0. The van der Waals surface area contributed by atoms with Crippen LogP contribution in [0.2, 0.25) is 0 Å². The molecule has 4 rings (SSSR count). The summed E-state index contributed by atoms with van der Waals surface area (Å²) >= 11 is 0. The van der Waals surface area contributed by atoms with Crippen molar-refractivity contribution in [2.75, 3.05) is 31.6 Å². The quantitative estimate of drug-likeness (QED) is 0.471. The van der Waals surface area contributed by atoms with Crippen molar-refractivity contribution in [3.63, 3.8) is 0 Å². The molecule has 0 radical (unpaired) electrons. The molecule has 1 saturated heterocycles. The lowest BCUT2D eigenvalue weighted by molar-refractivity contribution is -0.131. The highest BCUT2D eigenvalue weighted by Gasteiger charge is 2.29. The summed E-state index contributed by atoms with van der Waals surface area (Å²) in [5.41, 5.74) is 2.39. The number of ether oxygens (including phenoxy) is 2. The van der Waals surface area contributed by atoms with Crippen LogP contribution in [0.3, 0.4) is 0 Å². The number of anilines is 1. The standard InChI is InChI=1S/C27H32N4O5/c1-4-34-23-13-8-19(15-24(23)35-5-2)16-25(33)31-14-6-7-21(17-31)27-29-26(30-36-27)20-9-11-22(12-10-20)28-18(3)32/h8-13,15,21H,4-7,14,16-17H2,1-3H3,(H,28,32). The van der Waals surface area contributed by atoms with Crippen molar-refractivity contribution in [2.45, 2.75) is 46.0 Å². The Hall–Kier alpha value is -3.88. The van der Waals surface area contributed by atoms with Gasteiger partial charge in [-0.05, 0) is 68.7 Å². The molecular weight excluding hydrogens is 460 g/mol. The van der Waals surface area contributed by atoms with Gasteiger partial charge in [-0.3, -0.25) is 9.59 Å². The number of hydrogen-bond acceptors (Lipinski definition) is 7. The minimum atomic E-state index is -0.127. The first-order chi connectivity index (χ1) is 17.5. The summed E-state index contributed by atoms with van der Waals surface area (Å²) in [5, 5.41) is 6.87. The molecule has 1 unspecified atom stereocenters. The molecule has 9 heteroatoms. The van der Waals surface area contributed by atoms with Gasteiger partial charge in [0, 0.05) is 31.3 Å². The molecule has 0 bridgehead atoms. The molecule has 9 nitrogen and oxygen atoms in total. The zero-order chi connectivity index (χ0) is 25.5. The molecule has 1 fully saturated rings. The topological polar surface area (TPSA) is 107 Å². The van der Waals surface area contributed by atoms with Gasteiger partial charge in [0.2, 0.25) is 23.5 Å². The lowest BCUT2D eigenvalue weighted by atomic mass is 9.97. The molecule has 2 heterocycles. The van der Waals surface area contributed by atoms with Crippen molar-refractivity contribution in [3.8, 4) is 22.9 Å². The van der Waals surface area contributed by atoms with E-state index in [-0.39, 0.29) is 24.2 Å². The third-order valence-electron chi connectivity index (χ3n) is 5.99. The number of amides is 2. The van der Waals surface area contributed by atoms with Crippen molar-refractivity contribution < 1.29 is 23.6 Å². The average Bonchev–Trinajstić information content (AvgIpc) is 3.36. The van der Waals surface area contributed by atoms with Crippen molar-refractivity contribution in [1.82, 2.24) is 15.0 Å². The molecule has 0 saturated carbocycles. The lowest BCUT2D eigenvalue weighted by Crippen LogP contribution is -2.40. The molecule has 1 aromatic heterocycles. The SMILES string of the molecule is CCOc1ccc(CC(=O)N2CCCC(c3nc(-c4ccc(NC(C)=O)cc4)no3)C2)cc1OCC. The van der Waals surface area contributed by atoms with E-state index >= 15 is 0 Å². The highest BCUT2D eigenvalue weighted by atomic mass is 16.5. The third-order valence-corrected chi connectivity index (χ3v) is 5.99. The Morgan fingerprint density at radius 1 is 1.08 bits per heavy atom. The summed E-state index contributed by atoms with van der Waals surface area (Å²) in [6, 6.07) is 12.9. The second-order valence-corrected chi connectivity index (χ2v) is 8.72. The van der Waals surface area contributed by atoms with Crippen molar-refractivity contribution in [1.29, 1.82) is 0 Å². The summed E-state index contributed by atoms with van der Waals surface area (Å²) in [5.74, 6) is 2.28. The smallest absolute Gasteiger partial charge is 0.231 e. The maximum Gasteiger partial charge on any atom is 0.231 e. The first kappa shape index (κ1) is 25.2. The summed E-state index contributed by atoms with van der Waals surface area (Å²) < 4.78 is 16.9. The molecule has 1 aliphatic heterocycles. The number of hydrogen-bond donors (Lipinski definition) is 1. The van der Waals surface area contributed by atoms with Gasteiger partial charge in [0.1, 0.15) is 0 Å². The van der Waals surface area contributed by atoms with Crippen LogP contribution in [0.15, 0.2) is 47.0 Å². The monoisotopic (exact) mass is 492 g/mol. The van der Waals surface area contributed by atoms with Crippen LogP contribution in [0.4, 0.5) is 5.69 Å². The van der Waals surface area contributed by atoms with Gasteiger partial charge in [-0.15, -0.1) is 0 Å². The molecular formula is C27H32N4O5. The predicted molar refractivity (Wildman–Crippen MR) is 135 cm³/mol. The fourth-order valence-corrected chi connectivity index (χ4v) is 4.32. The van der Waals surface area contributed by atoms with Crippen molar-refractivity contribution in [3.05, 3.63) is 53.9 Å². The van der Waals surface area contributed by atoms with E-state index in [4.69, 9.17) is 14.0 Å². The number of rotatable bonds is 9. The summed E-state index contributed by atoms with van der Waals surface area (Å²) in [4.78, 5) is 30.8. The Morgan fingerprint density at radius 3 is 2.56 bits per heavy atom. The number of carbonyl (C=O) groups excluding carboxylic acids is 2. The van der Waals surface area contributed by atoms with Crippen molar-refractivity contribution in [2.24, 2.45) is 0 Å². The number of aromatic nitrogens is 2. The lowest BCUT2D eigenvalue weighted by Gasteiger charge is -2.31. The van der Waals surface area contributed by atoms with Crippen molar-refractivity contribution >= 4 is 17.5 Å². The number of piperidine rings is 1. The number of benzene rings is 2. The van der Waals surface area contributed by atoms with Crippen LogP contribution in [0.5, 0.6) is 11.5 Å². The molecule has 0 aliphatic carbocycles. The minimum absolute atomic E-state index is 0.0121. The highest BCUT2D eigenvalue weighted by Crippen LogP contribution is 2.31. The van der Waals surface area contributed by atoms with E-state index in [1.165, 1.54) is 6.92 Å². The molecule has 3 aromatic rings. The van der Waals surface area contributed by atoms with Crippen LogP contribution in [-0.4, -0.2) is 53.2 Å². The molecule has 1 atom stereocenters. The van der Waals surface area contributed by atoms with Crippen LogP contribution in [0.25, 0.3) is 11.4 Å². The molecule has 2 aromatic carbocycles. The third kappa shape index (κ3) is 6.21. The number of likely N-dealkylation sites (tertiary alicyclic amines) is 1. The van der Waals surface area contributed by atoms with Crippen LogP contribution < -0.4 is 14.8 Å². The van der Waals surface area contributed by atoms with E-state index in [9.17, 15) is 9.59 Å². The molecule has 190 valence electrons.